The molecule has 2 nitrogen and oxygen atoms in total. The predicted molar refractivity (Wildman–Crippen MR) is 87.1 cm³/mol. The summed E-state index contributed by atoms with van der Waals surface area (Å²) in [7, 11) is 0. The van der Waals surface area contributed by atoms with E-state index in [1.165, 1.54) is 11.3 Å². The quantitative estimate of drug-likeness (QED) is 0.750. The van der Waals surface area contributed by atoms with Gasteiger partial charge in [0, 0.05) is 6.20 Å². The van der Waals surface area contributed by atoms with Crippen molar-refractivity contribution in [2.45, 2.75) is 5.60 Å². The maximum absolute atomic E-state index is 11.4. The first-order valence-electron chi connectivity index (χ1n) is 6.25. The van der Waals surface area contributed by atoms with E-state index in [-0.39, 0.29) is 0 Å². The number of benzene rings is 2. The number of aromatic nitrogens is 1. The standard InChI is InChI=1S/C16H11Cl2NOS/c17-13-7-6-12(8-14(13)18)16(20,15-9-19-10-21-15)11-4-2-1-3-5-11/h1-10,20H. The topological polar surface area (TPSA) is 33.1 Å². The summed E-state index contributed by atoms with van der Waals surface area (Å²) in [6.07, 6.45) is 1.67. The van der Waals surface area contributed by atoms with Crippen molar-refractivity contribution in [2.24, 2.45) is 0 Å². The van der Waals surface area contributed by atoms with E-state index in [1.54, 1.807) is 29.9 Å². The Morgan fingerprint density at radius 1 is 0.952 bits per heavy atom. The van der Waals surface area contributed by atoms with Gasteiger partial charge >= 0.3 is 0 Å². The average Bonchev–Trinajstić information content (AvgIpc) is 3.05. The van der Waals surface area contributed by atoms with Gasteiger partial charge in [-0.25, -0.2) is 0 Å². The second kappa shape index (κ2) is 5.78. The number of hydrogen-bond acceptors (Lipinski definition) is 3. The molecule has 1 atom stereocenters. The fraction of sp³-hybridized carbons (Fsp3) is 0.0625. The predicted octanol–water partition coefficient (Wildman–Crippen LogP) is 4.73. The molecule has 0 radical (unpaired) electrons. The maximum Gasteiger partial charge on any atom is 0.151 e. The van der Waals surface area contributed by atoms with Crippen molar-refractivity contribution in [1.82, 2.24) is 4.98 Å². The Morgan fingerprint density at radius 3 is 2.33 bits per heavy atom. The molecule has 1 unspecified atom stereocenters. The van der Waals surface area contributed by atoms with Crippen LogP contribution in [0, 0.1) is 0 Å². The fourth-order valence-corrected chi connectivity index (χ4v) is 3.31. The van der Waals surface area contributed by atoms with E-state index in [0.717, 1.165) is 10.4 Å². The number of aliphatic hydroxyl groups is 1. The third-order valence-corrected chi connectivity index (χ3v) is 4.94. The molecule has 1 heterocycles. The van der Waals surface area contributed by atoms with Gasteiger partial charge in [-0.3, -0.25) is 4.98 Å². The summed E-state index contributed by atoms with van der Waals surface area (Å²) in [6.45, 7) is 0. The summed E-state index contributed by atoms with van der Waals surface area (Å²) in [5.41, 5.74) is 1.82. The van der Waals surface area contributed by atoms with Gasteiger partial charge in [0.2, 0.25) is 0 Å². The zero-order chi connectivity index (χ0) is 14.9. The largest absolute Gasteiger partial charge is 0.375 e. The van der Waals surface area contributed by atoms with Crippen molar-refractivity contribution < 1.29 is 5.11 Å². The van der Waals surface area contributed by atoms with Gasteiger partial charge in [0.15, 0.2) is 5.60 Å². The van der Waals surface area contributed by atoms with Crippen molar-refractivity contribution >= 4 is 34.5 Å². The summed E-state index contributed by atoms with van der Waals surface area (Å²) in [4.78, 5) is 4.81. The van der Waals surface area contributed by atoms with E-state index >= 15 is 0 Å². The van der Waals surface area contributed by atoms with Gasteiger partial charge in [-0.15, -0.1) is 11.3 Å². The van der Waals surface area contributed by atoms with Crippen molar-refractivity contribution in [3.05, 3.63) is 86.3 Å². The van der Waals surface area contributed by atoms with E-state index in [2.05, 4.69) is 4.98 Å². The molecule has 3 aromatic rings. The maximum atomic E-state index is 11.4. The molecule has 1 aromatic heterocycles. The molecule has 0 amide bonds. The van der Waals surface area contributed by atoms with Crippen LogP contribution in [0.25, 0.3) is 0 Å². The molecule has 0 bridgehead atoms. The van der Waals surface area contributed by atoms with E-state index in [0.29, 0.717) is 15.6 Å². The first-order valence-corrected chi connectivity index (χ1v) is 7.88. The lowest BCUT2D eigenvalue weighted by Crippen LogP contribution is -2.27. The van der Waals surface area contributed by atoms with E-state index in [1.807, 2.05) is 30.3 Å². The number of halogens is 2. The Balaban J connectivity index is 2.24. The van der Waals surface area contributed by atoms with Crippen molar-refractivity contribution in [3.8, 4) is 0 Å². The highest BCUT2D eigenvalue weighted by Gasteiger charge is 2.35. The smallest absolute Gasteiger partial charge is 0.151 e. The highest BCUT2D eigenvalue weighted by Crippen LogP contribution is 2.40. The lowest BCUT2D eigenvalue weighted by Gasteiger charge is -2.28. The normalized spacial score (nSPS) is 13.9. The third-order valence-electron chi connectivity index (χ3n) is 3.32. The number of nitrogens with zero attached hydrogens (tertiary/aromatic N) is 1. The number of hydrogen-bond donors (Lipinski definition) is 1. The minimum absolute atomic E-state index is 0.410. The molecule has 2 aromatic carbocycles. The van der Waals surface area contributed by atoms with Crippen molar-refractivity contribution in [3.63, 3.8) is 0 Å². The van der Waals surface area contributed by atoms with Gasteiger partial charge < -0.3 is 5.11 Å². The second-order valence-electron chi connectivity index (χ2n) is 4.57. The van der Waals surface area contributed by atoms with Crippen LogP contribution in [0.5, 0.6) is 0 Å². The zero-order valence-electron chi connectivity index (χ0n) is 10.8. The Bertz CT molecular complexity index is 746. The van der Waals surface area contributed by atoms with Gasteiger partial charge in [0.1, 0.15) is 0 Å². The van der Waals surface area contributed by atoms with Gasteiger partial charge in [-0.05, 0) is 23.3 Å². The second-order valence-corrected chi connectivity index (χ2v) is 6.27. The molecular weight excluding hydrogens is 325 g/mol. The van der Waals surface area contributed by atoms with Gasteiger partial charge in [-0.2, -0.15) is 0 Å². The van der Waals surface area contributed by atoms with Crippen LogP contribution in [0.1, 0.15) is 16.0 Å². The Kier molecular flexibility index (Phi) is 4.00. The van der Waals surface area contributed by atoms with Gasteiger partial charge in [0.05, 0.1) is 20.4 Å². The van der Waals surface area contributed by atoms with E-state index < -0.39 is 5.60 Å². The Labute approximate surface area is 136 Å². The summed E-state index contributed by atoms with van der Waals surface area (Å²) in [5, 5.41) is 12.3. The zero-order valence-corrected chi connectivity index (χ0v) is 13.2. The third kappa shape index (κ3) is 2.58. The molecule has 0 aliphatic rings. The summed E-state index contributed by atoms with van der Waals surface area (Å²) < 4.78 is 0. The first kappa shape index (κ1) is 14.5. The number of thiazole rings is 1. The molecule has 106 valence electrons. The molecule has 0 spiro atoms. The van der Waals surface area contributed by atoms with Crippen LogP contribution >= 0.6 is 34.5 Å². The monoisotopic (exact) mass is 335 g/mol. The molecule has 0 fully saturated rings. The molecule has 5 heteroatoms. The van der Waals surface area contributed by atoms with Gasteiger partial charge in [-0.1, -0.05) is 59.6 Å². The minimum atomic E-state index is -1.29. The van der Waals surface area contributed by atoms with Crippen LogP contribution in [0.15, 0.2) is 60.2 Å². The van der Waals surface area contributed by atoms with Crippen LogP contribution in [0.2, 0.25) is 10.0 Å². The Hall–Kier alpha value is -1.39. The lowest BCUT2D eigenvalue weighted by atomic mass is 9.85. The summed E-state index contributed by atoms with van der Waals surface area (Å²) in [6, 6.07) is 14.6. The first-order chi connectivity index (χ1) is 10.1. The van der Waals surface area contributed by atoms with Crippen LogP contribution < -0.4 is 0 Å². The molecular formula is C16H11Cl2NOS. The lowest BCUT2D eigenvalue weighted by molar-refractivity contribution is 0.129. The van der Waals surface area contributed by atoms with E-state index in [4.69, 9.17) is 23.2 Å². The Morgan fingerprint density at radius 2 is 1.71 bits per heavy atom. The molecule has 21 heavy (non-hydrogen) atoms. The summed E-state index contributed by atoms with van der Waals surface area (Å²) in [5.74, 6) is 0. The van der Waals surface area contributed by atoms with Gasteiger partial charge in [0.25, 0.3) is 0 Å². The average molecular weight is 336 g/mol. The number of rotatable bonds is 3. The highest BCUT2D eigenvalue weighted by molar-refractivity contribution is 7.09. The fourth-order valence-electron chi connectivity index (χ4n) is 2.25. The highest BCUT2D eigenvalue weighted by atomic mass is 35.5. The van der Waals surface area contributed by atoms with Crippen molar-refractivity contribution in [1.29, 1.82) is 0 Å². The molecule has 0 aliphatic carbocycles. The molecule has 0 saturated carbocycles. The molecule has 0 aliphatic heterocycles. The van der Waals surface area contributed by atoms with Crippen LogP contribution in [0.3, 0.4) is 0 Å². The molecule has 3 rings (SSSR count). The molecule has 0 saturated heterocycles. The van der Waals surface area contributed by atoms with Crippen molar-refractivity contribution in [2.75, 3.05) is 0 Å². The minimum Gasteiger partial charge on any atom is -0.375 e. The van der Waals surface area contributed by atoms with Crippen LogP contribution in [0.4, 0.5) is 0 Å². The van der Waals surface area contributed by atoms with Crippen LogP contribution in [-0.4, -0.2) is 10.1 Å². The summed E-state index contributed by atoms with van der Waals surface area (Å²) >= 11 is 13.5. The SMILES string of the molecule is OC(c1ccccc1)(c1ccc(Cl)c(Cl)c1)c1cncs1. The molecule has 1 N–H and O–H groups in total. The van der Waals surface area contributed by atoms with E-state index in [9.17, 15) is 5.11 Å². The van der Waals surface area contributed by atoms with Crippen LogP contribution in [-0.2, 0) is 5.60 Å².